The summed E-state index contributed by atoms with van der Waals surface area (Å²) < 4.78 is 0. The van der Waals surface area contributed by atoms with Gasteiger partial charge in [-0.15, -0.1) is 0 Å². The third kappa shape index (κ3) is 12.3. The molecule has 13 aromatic carbocycles. The van der Waals surface area contributed by atoms with Crippen molar-refractivity contribution in [3.8, 4) is 66.8 Å². The van der Waals surface area contributed by atoms with E-state index >= 15 is 0 Å². The van der Waals surface area contributed by atoms with Gasteiger partial charge < -0.3 is 30.0 Å². The molecule has 0 bridgehead atoms. The van der Waals surface area contributed by atoms with Crippen LogP contribution >= 0.6 is 0 Å². The lowest BCUT2D eigenvalue weighted by Crippen LogP contribution is -2.16. The molecule has 13 rings (SSSR count). The fourth-order valence-corrected chi connectivity index (χ4v) is 11.6. The van der Waals surface area contributed by atoms with Crippen LogP contribution in [0.5, 0.6) is 0 Å². The summed E-state index contributed by atoms with van der Waals surface area (Å²) in [4.78, 5) is 7.03. The second-order valence-electron chi connectivity index (χ2n) is 21.7. The first-order valence-corrected chi connectivity index (χ1v) is 29.4. The summed E-state index contributed by atoms with van der Waals surface area (Å²) in [6.07, 6.45) is 0. The minimum Gasteiger partial charge on any atom is -0.392 e. The fourth-order valence-electron chi connectivity index (χ4n) is 11.6. The van der Waals surface area contributed by atoms with Gasteiger partial charge in [0.15, 0.2) is 0 Å². The molecule has 0 aromatic heterocycles. The molecule has 0 atom stereocenters. The molecule has 6 heteroatoms. The summed E-state index contributed by atoms with van der Waals surface area (Å²) in [6, 6.07) is 115. The Balaban J connectivity index is 1.05. The maximum Gasteiger partial charge on any atom is 0.0682 e. The van der Waals surface area contributed by atoms with Crippen molar-refractivity contribution in [2.75, 3.05) is 14.7 Å². The number of rotatable bonds is 18. The maximum atomic E-state index is 10.1. The van der Waals surface area contributed by atoms with Gasteiger partial charge in [0, 0.05) is 34.1 Å². The van der Waals surface area contributed by atoms with Crippen LogP contribution in [0, 0.1) is 0 Å². The second-order valence-corrected chi connectivity index (χ2v) is 21.7. The summed E-state index contributed by atoms with van der Waals surface area (Å²) in [5, 5.41) is 30.4. The van der Waals surface area contributed by atoms with E-state index in [0.29, 0.717) is 0 Å². The van der Waals surface area contributed by atoms with Crippen molar-refractivity contribution in [3.05, 3.63) is 344 Å². The minimum atomic E-state index is -0.0367. The monoisotopic (exact) mass is 1130 g/mol. The molecule has 0 radical (unpaired) electrons. The molecule has 0 aliphatic rings. The van der Waals surface area contributed by atoms with Gasteiger partial charge in [0.05, 0.1) is 36.9 Å². The van der Waals surface area contributed by atoms with Gasteiger partial charge in [-0.05, 0) is 193 Å². The molecule has 87 heavy (non-hydrogen) atoms. The van der Waals surface area contributed by atoms with Crippen molar-refractivity contribution in [1.82, 2.24) is 0 Å². The molecule has 0 heterocycles. The lowest BCUT2D eigenvalue weighted by molar-refractivity contribution is 0.281. The summed E-state index contributed by atoms with van der Waals surface area (Å²) in [7, 11) is 0. The highest BCUT2D eigenvalue weighted by molar-refractivity contribution is 5.91. The van der Waals surface area contributed by atoms with E-state index in [-0.39, 0.29) is 19.8 Å². The number of hydrogen-bond acceptors (Lipinski definition) is 6. The topological polar surface area (TPSA) is 70.4 Å². The summed E-state index contributed by atoms with van der Waals surface area (Å²) >= 11 is 0. The van der Waals surface area contributed by atoms with Gasteiger partial charge in [-0.1, -0.05) is 218 Å². The van der Waals surface area contributed by atoms with E-state index in [4.69, 9.17) is 0 Å². The van der Waals surface area contributed by atoms with E-state index in [0.717, 1.165) is 135 Å². The third-order valence-corrected chi connectivity index (χ3v) is 16.1. The van der Waals surface area contributed by atoms with Gasteiger partial charge in [-0.3, -0.25) is 0 Å². The third-order valence-electron chi connectivity index (χ3n) is 16.1. The Kier molecular flexibility index (Phi) is 16.3. The van der Waals surface area contributed by atoms with E-state index < -0.39 is 0 Å². The van der Waals surface area contributed by atoms with Crippen molar-refractivity contribution >= 4 is 51.2 Å². The molecule has 0 aliphatic heterocycles. The molecule has 6 nitrogen and oxygen atoms in total. The highest BCUT2D eigenvalue weighted by Crippen LogP contribution is 2.47. The molecule has 0 amide bonds. The second kappa shape index (κ2) is 25.6. The van der Waals surface area contributed by atoms with Gasteiger partial charge in [-0.25, -0.2) is 0 Å². The molecule has 13 aromatic rings. The predicted molar refractivity (Wildman–Crippen MR) is 361 cm³/mol. The first-order chi connectivity index (χ1) is 42.9. The first-order valence-electron chi connectivity index (χ1n) is 29.4. The van der Waals surface area contributed by atoms with Crippen LogP contribution in [0.25, 0.3) is 66.8 Å². The van der Waals surface area contributed by atoms with Crippen molar-refractivity contribution < 1.29 is 15.3 Å². The molecule has 0 saturated heterocycles. The predicted octanol–water partition coefficient (Wildman–Crippen LogP) is 20.6. The van der Waals surface area contributed by atoms with Crippen LogP contribution in [-0.4, -0.2) is 15.3 Å². The number of benzene rings is 13. The van der Waals surface area contributed by atoms with Gasteiger partial charge in [0.2, 0.25) is 0 Å². The highest BCUT2D eigenvalue weighted by atomic mass is 16.3. The minimum absolute atomic E-state index is 0.0367. The van der Waals surface area contributed by atoms with Gasteiger partial charge in [0.25, 0.3) is 0 Å². The van der Waals surface area contributed by atoms with E-state index in [2.05, 4.69) is 269 Å². The first kappa shape index (κ1) is 55.3. The Morgan fingerprint density at radius 1 is 0.161 bits per heavy atom. The fraction of sp³-hybridized carbons (Fsp3) is 0.0370. The molecule has 0 aliphatic carbocycles. The molecule has 0 saturated carbocycles. The average molecular weight is 1130 g/mol. The molecular formula is C81H63N3O3. The number of aliphatic hydroxyl groups is 3. The van der Waals surface area contributed by atoms with Gasteiger partial charge >= 0.3 is 0 Å². The number of aliphatic hydroxyl groups excluding tert-OH is 3. The largest absolute Gasteiger partial charge is 0.392 e. The van der Waals surface area contributed by atoms with Crippen molar-refractivity contribution in [2.45, 2.75) is 19.8 Å². The molecule has 0 fully saturated rings. The molecule has 3 N–H and O–H groups in total. The average Bonchev–Trinajstić information content (AvgIpc) is 2.63. The Bertz CT molecular complexity index is 3940. The van der Waals surface area contributed by atoms with Crippen LogP contribution in [-0.2, 0) is 19.8 Å². The van der Waals surface area contributed by atoms with Gasteiger partial charge in [0.1, 0.15) is 0 Å². The maximum absolute atomic E-state index is 10.1. The Hall–Kier alpha value is -10.9. The van der Waals surface area contributed by atoms with Crippen molar-refractivity contribution in [1.29, 1.82) is 0 Å². The molecule has 0 spiro atoms. The van der Waals surface area contributed by atoms with Crippen molar-refractivity contribution in [2.24, 2.45) is 0 Å². The van der Waals surface area contributed by atoms with E-state index in [1.54, 1.807) is 0 Å². The zero-order valence-corrected chi connectivity index (χ0v) is 48.0. The normalized spacial score (nSPS) is 11.1. The highest BCUT2D eigenvalue weighted by Gasteiger charge is 2.24. The summed E-state index contributed by atoms with van der Waals surface area (Å²) in [5.41, 5.74) is 24.0. The Morgan fingerprint density at radius 2 is 0.345 bits per heavy atom. The van der Waals surface area contributed by atoms with E-state index in [9.17, 15) is 15.3 Å². The van der Waals surface area contributed by atoms with Crippen LogP contribution in [0.3, 0.4) is 0 Å². The SMILES string of the molecule is OCc1cccc(-c2ccc(N(c3ccc(-c4ccccc4)cc3)c3cc(N(c4ccc(-c5ccccc5)cc4)c4ccc(-c5cccc(CO)c5)cc4)cc(N(c4ccc(-c5ccccc5)cc4)c4ccc(-c5cccc(CO)c5)cc4)c3)cc2)c1. The Morgan fingerprint density at radius 3 is 0.552 bits per heavy atom. The lowest BCUT2D eigenvalue weighted by atomic mass is 10.0. The molecule has 0 unspecified atom stereocenters. The van der Waals surface area contributed by atoms with Crippen LogP contribution in [0.1, 0.15) is 16.7 Å². The van der Waals surface area contributed by atoms with Crippen LogP contribution in [0.2, 0.25) is 0 Å². The van der Waals surface area contributed by atoms with Gasteiger partial charge in [-0.2, -0.15) is 0 Å². The Labute approximate surface area is 509 Å². The van der Waals surface area contributed by atoms with Crippen LogP contribution in [0.15, 0.2) is 328 Å². The number of hydrogen-bond donors (Lipinski definition) is 3. The zero-order chi connectivity index (χ0) is 58.9. The summed E-state index contributed by atoms with van der Waals surface area (Å²) in [5.74, 6) is 0. The van der Waals surface area contributed by atoms with E-state index in [1.807, 2.05) is 72.8 Å². The smallest absolute Gasteiger partial charge is 0.0682 e. The molecular weight excluding hydrogens is 1060 g/mol. The van der Waals surface area contributed by atoms with Crippen LogP contribution in [0.4, 0.5) is 51.2 Å². The lowest BCUT2D eigenvalue weighted by Gasteiger charge is -2.33. The zero-order valence-electron chi connectivity index (χ0n) is 48.0. The van der Waals surface area contributed by atoms with E-state index in [1.165, 1.54) is 0 Å². The molecule has 420 valence electrons. The van der Waals surface area contributed by atoms with Crippen LogP contribution < -0.4 is 14.7 Å². The number of anilines is 9. The standard InChI is InChI=1S/C81H63N3O3/c85-55-58-13-10-22-70(49-58)67-31-43-76(44-32-67)82(73-37-25-64(26-38-73)61-16-4-1-5-17-61)79-52-80(83(74-39-27-65(28-40-74)62-18-6-2-7-19-62)77-45-33-68(34-46-77)71-23-11-14-59(50-71)56-86)54-81(53-79)84(75-41-29-66(30-42-75)63-20-8-3-9-21-63)78-47-35-69(36-48-78)72-24-12-15-60(51-72)57-87/h1-54,85-87H,55-57H2. The van der Waals surface area contributed by atoms with Crippen molar-refractivity contribution in [3.63, 3.8) is 0 Å². The quantitative estimate of drug-likeness (QED) is 0.0795. The summed E-state index contributed by atoms with van der Waals surface area (Å²) in [6.45, 7) is -0.110. The number of nitrogens with zero attached hydrogens (tertiary/aromatic N) is 3.